The summed E-state index contributed by atoms with van der Waals surface area (Å²) in [5, 5.41) is 4.49. The lowest BCUT2D eigenvalue weighted by molar-refractivity contribution is -0.0103. The highest BCUT2D eigenvalue weighted by atomic mass is 35.5. The van der Waals surface area contributed by atoms with Gasteiger partial charge in [0.15, 0.2) is 5.82 Å². The van der Waals surface area contributed by atoms with Gasteiger partial charge < -0.3 is 15.0 Å². The van der Waals surface area contributed by atoms with Crippen molar-refractivity contribution < 1.29 is 9.26 Å². The van der Waals surface area contributed by atoms with Crippen LogP contribution in [0.1, 0.15) is 63.1 Å². The lowest BCUT2D eigenvalue weighted by Crippen LogP contribution is -2.49. The molecule has 5 aliphatic rings. The molecule has 0 aromatic carbocycles. The van der Waals surface area contributed by atoms with Crippen LogP contribution in [0.25, 0.3) is 0 Å². The Morgan fingerprint density at radius 3 is 2.12 bits per heavy atom. The Morgan fingerprint density at radius 1 is 1.00 bits per heavy atom. The second-order valence-electron chi connectivity index (χ2n) is 8.72. The highest BCUT2D eigenvalue weighted by Gasteiger charge is 2.54. The molecule has 6 heteroatoms. The Bertz CT molecular complexity index is 562. The van der Waals surface area contributed by atoms with Gasteiger partial charge in [0.25, 0.3) is 0 Å². The first kappa shape index (κ1) is 16.8. The molecular weight excluding hydrogens is 326 g/mol. The van der Waals surface area contributed by atoms with E-state index >= 15 is 0 Å². The summed E-state index contributed by atoms with van der Waals surface area (Å²) in [6, 6.07) is 0. The van der Waals surface area contributed by atoms with Crippen molar-refractivity contribution in [3.63, 3.8) is 0 Å². The number of ether oxygens (including phenoxy) is 1. The molecule has 0 amide bonds. The van der Waals surface area contributed by atoms with Gasteiger partial charge in [0.2, 0.25) is 5.89 Å². The maximum absolute atomic E-state index is 6.10. The van der Waals surface area contributed by atoms with E-state index in [0.29, 0.717) is 6.54 Å². The van der Waals surface area contributed by atoms with E-state index in [1.54, 1.807) is 0 Å². The normalized spacial score (nSPS) is 39.6. The molecule has 5 nitrogen and oxygen atoms in total. The zero-order valence-electron chi connectivity index (χ0n) is 14.2. The standard InChI is InChI=1S/C18H27N3O2.ClH/c19-11-17(1-3-22-4-2-17)16-20-15(21-23-16)18-8-12-5-13(9-18)7-14(6-12)10-18;/h12-14H,1-11,19H2;1H. The van der Waals surface area contributed by atoms with Crippen molar-refractivity contribution in [3.8, 4) is 0 Å². The van der Waals surface area contributed by atoms with Crippen LogP contribution >= 0.6 is 12.4 Å². The molecule has 2 N–H and O–H groups in total. The van der Waals surface area contributed by atoms with Crippen LogP contribution in [-0.2, 0) is 15.6 Å². The molecule has 1 aromatic rings. The molecule has 5 fully saturated rings. The molecule has 0 unspecified atom stereocenters. The molecule has 0 radical (unpaired) electrons. The quantitative estimate of drug-likeness (QED) is 0.904. The average Bonchev–Trinajstić information content (AvgIpc) is 3.06. The van der Waals surface area contributed by atoms with Crippen molar-refractivity contribution in [1.29, 1.82) is 0 Å². The van der Waals surface area contributed by atoms with Gasteiger partial charge in [0.1, 0.15) is 0 Å². The van der Waals surface area contributed by atoms with Gasteiger partial charge in [0.05, 0.1) is 5.41 Å². The molecule has 4 aliphatic carbocycles. The first-order valence-electron chi connectivity index (χ1n) is 9.34. The van der Waals surface area contributed by atoms with Crippen LogP contribution in [0.2, 0.25) is 0 Å². The lowest BCUT2D eigenvalue weighted by atomic mass is 9.49. The minimum absolute atomic E-state index is 0. The monoisotopic (exact) mass is 353 g/mol. The second-order valence-corrected chi connectivity index (χ2v) is 8.72. The SMILES string of the molecule is Cl.NCC1(c2nc(C34CC5CC(CC(C5)C3)C4)no2)CCOCC1. The minimum Gasteiger partial charge on any atom is -0.381 e. The van der Waals surface area contributed by atoms with E-state index in [2.05, 4.69) is 5.16 Å². The summed E-state index contributed by atoms with van der Waals surface area (Å²) >= 11 is 0. The number of nitrogens with zero attached hydrogens (tertiary/aromatic N) is 2. The van der Waals surface area contributed by atoms with Crippen molar-refractivity contribution >= 4 is 12.4 Å². The third-order valence-electron chi connectivity index (χ3n) is 7.23. The van der Waals surface area contributed by atoms with E-state index in [4.69, 9.17) is 20.0 Å². The molecule has 0 spiro atoms. The molecule has 134 valence electrons. The van der Waals surface area contributed by atoms with Gasteiger partial charge in [0, 0.05) is 25.2 Å². The van der Waals surface area contributed by atoms with Crippen LogP contribution in [0.3, 0.4) is 0 Å². The van der Waals surface area contributed by atoms with Crippen LogP contribution in [0.4, 0.5) is 0 Å². The number of hydrogen-bond donors (Lipinski definition) is 1. The molecule has 2 heterocycles. The molecule has 6 rings (SSSR count). The Hall–Kier alpha value is -0.650. The van der Waals surface area contributed by atoms with Gasteiger partial charge in [-0.25, -0.2) is 0 Å². The van der Waals surface area contributed by atoms with Crippen molar-refractivity contribution in [2.24, 2.45) is 23.5 Å². The van der Waals surface area contributed by atoms with E-state index in [-0.39, 0.29) is 23.2 Å². The average molecular weight is 354 g/mol. The Labute approximate surface area is 149 Å². The van der Waals surface area contributed by atoms with Crippen molar-refractivity contribution in [3.05, 3.63) is 11.7 Å². The smallest absolute Gasteiger partial charge is 0.234 e. The predicted octanol–water partition coefficient (Wildman–Crippen LogP) is 2.97. The Morgan fingerprint density at radius 2 is 1.58 bits per heavy atom. The van der Waals surface area contributed by atoms with E-state index < -0.39 is 0 Å². The van der Waals surface area contributed by atoms with Gasteiger partial charge in [-0.2, -0.15) is 4.98 Å². The largest absolute Gasteiger partial charge is 0.381 e. The molecule has 4 saturated carbocycles. The Kier molecular flexibility index (Phi) is 4.17. The van der Waals surface area contributed by atoms with Crippen LogP contribution in [0, 0.1) is 17.8 Å². The molecule has 24 heavy (non-hydrogen) atoms. The molecule has 4 bridgehead atoms. The molecule has 1 aliphatic heterocycles. The van der Waals surface area contributed by atoms with Gasteiger partial charge >= 0.3 is 0 Å². The molecule has 1 saturated heterocycles. The van der Waals surface area contributed by atoms with E-state index in [0.717, 1.165) is 55.5 Å². The zero-order valence-corrected chi connectivity index (χ0v) is 15.0. The summed E-state index contributed by atoms with van der Waals surface area (Å²) in [6.07, 6.45) is 9.93. The van der Waals surface area contributed by atoms with Gasteiger partial charge in [-0.05, 0) is 69.1 Å². The van der Waals surface area contributed by atoms with Crippen LogP contribution < -0.4 is 5.73 Å². The predicted molar refractivity (Wildman–Crippen MR) is 92.2 cm³/mol. The fourth-order valence-electron chi connectivity index (χ4n) is 6.31. The molecule has 0 atom stereocenters. The van der Waals surface area contributed by atoms with Crippen molar-refractivity contribution in [1.82, 2.24) is 10.1 Å². The van der Waals surface area contributed by atoms with Gasteiger partial charge in [-0.3, -0.25) is 0 Å². The number of nitrogens with two attached hydrogens (primary N) is 1. The molecular formula is C18H28ClN3O2. The first-order valence-corrected chi connectivity index (χ1v) is 9.34. The third-order valence-corrected chi connectivity index (χ3v) is 7.23. The summed E-state index contributed by atoms with van der Waals surface area (Å²) in [5.74, 6) is 4.46. The van der Waals surface area contributed by atoms with Gasteiger partial charge in [-0.15, -0.1) is 12.4 Å². The fourth-order valence-corrected chi connectivity index (χ4v) is 6.31. The van der Waals surface area contributed by atoms with E-state index in [1.807, 2.05) is 0 Å². The minimum atomic E-state index is -0.161. The highest BCUT2D eigenvalue weighted by molar-refractivity contribution is 5.85. The summed E-state index contributed by atoms with van der Waals surface area (Å²) in [5.41, 5.74) is 6.15. The van der Waals surface area contributed by atoms with Crippen molar-refractivity contribution in [2.45, 2.75) is 62.2 Å². The van der Waals surface area contributed by atoms with Gasteiger partial charge in [-0.1, -0.05) is 5.16 Å². The first-order chi connectivity index (χ1) is 11.2. The summed E-state index contributed by atoms with van der Waals surface area (Å²) in [7, 11) is 0. The maximum Gasteiger partial charge on any atom is 0.234 e. The topological polar surface area (TPSA) is 74.2 Å². The highest BCUT2D eigenvalue weighted by Crippen LogP contribution is 2.60. The summed E-state index contributed by atoms with van der Waals surface area (Å²) in [6.45, 7) is 2.05. The van der Waals surface area contributed by atoms with Crippen LogP contribution in [-0.4, -0.2) is 29.9 Å². The maximum atomic E-state index is 6.10. The lowest BCUT2D eigenvalue weighted by Gasteiger charge is -2.55. The van der Waals surface area contributed by atoms with E-state index in [9.17, 15) is 0 Å². The van der Waals surface area contributed by atoms with Crippen LogP contribution in [0.15, 0.2) is 4.52 Å². The Balaban J connectivity index is 0.00000146. The number of hydrogen-bond acceptors (Lipinski definition) is 5. The van der Waals surface area contributed by atoms with Crippen LogP contribution in [0.5, 0.6) is 0 Å². The third kappa shape index (κ3) is 2.43. The van der Waals surface area contributed by atoms with E-state index in [1.165, 1.54) is 38.5 Å². The summed E-state index contributed by atoms with van der Waals surface area (Å²) < 4.78 is 11.3. The zero-order chi connectivity index (χ0) is 15.5. The number of aromatic nitrogens is 2. The number of rotatable bonds is 3. The second kappa shape index (κ2) is 5.96. The summed E-state index contributed by atoms with van der Waals surface area (Å²) in [4.78, 5) is 4.95. The number of halogens is 1. The van der Waals surface area contributed by atoms with Crippen molar-refractivity contribution in [2.75, 3.05) is 19.8 Å². The molecule has 1 aromatic heterocycles. The fraction of sp³-hybridized carbons (Fsp3) is 0.889.